The maximum Gasteiger partial charge on any atom is 0.239 e. The molecule has 1 aromatic rings. The van der Waals surface area contributed by atoms with Gasteiger partial charge in [-0.15, -0.1) is 11.8 Å². The van der Waals surface area contributed by atoms with Crippen molar-refractivity contribution in [3.8, 4) is 5.75 Å². The molecule has 1 aliphatic rings. The van der Waals surface area contributed by atoms with Gasteiger partial charge in [0.2, 0.25) is 11.8 Å². The summed E-state index contributed by atoms with van der Waals surface area (Å²) in [5.41, 5.74) is 1.000. The maximum atomic E-state index is 12.4. The minimum Gasteiger partial charge on any atom is -0.497 e. The highest BCUT2D eigenvalue weighted by molar-refractivity contribution is 8.01. The first-order valence-corrected chi connectivity index (χ1v) is 8.88. The zero-order valence-electron chi connectivity index (χ0n) is 14.6. The predicted octanol–water partition coefficient (Wildman–Crippen LogP) is 1.34. The third-order valence-corrected chi connectivity index (χ3v) is 5.24. The van der Waals surface area contributed by atoms with Gasteiger partial charge in [0.1, 0.15) is 17.7 Å². The first-order valence-electron chi connectivity index (χ1n) is 7.93. The number of ether oxygens (including phenoxy) is 1. The van der Waals surface area contributed by atoms with Crippen molar-refractivity contribution in [2.45, 2.75) is 17.5 Å². The molecule has 24 heavy (non-hydrogen) atoms. The summed E-state index contributed by atoms with van der Waals surface area (Å²) in [4.78, 5) is 28.2. The number of carbonyl (C=O) groups excluding carboxylic acids is 2. The average Bonchev–Trinajstić information content (AvgIpc) is 2.83. The molecular formula is C17H25N3O3S. The molecule has 0 bridgehead atoms. The van der Waals surface area contributed by atoms with E-state index in [-0.39, 0.29) is 29.0 Å². The van der Waals surface area contributed by atoms with Crippen LogP contribution in [-0.4, -0.2) is 67.7 Å². The van der Waals surface area contributed by atoms with Crippen LogP contribution in [0.15, 0.2) is 24.3 Å². The first-order chi connectivity index (χ1) is 11.4. The topological polar surface area (TPSA) is 61.9 Å². The molecule has 1 aliphatic heterocycles. The molecule has 2 atom stereocenters. The van der Waals surface area contributed by atoms with E-state index in [1.54, 1.807) is 23.8 Å². The molecule has 0 aliphatic carbocycles. The number of rotatable bonds is 7. The summed E-state index contributed by atoms with van der Waals surface area (Å²) in [6.45, 7) is 3.31. The quantitative estimate of drug-likeness (QED) is 0.803. The number of hydrogen-bond donors (Lipinski definition) is 1. The smallest absolute Gasteiger partial charge is 0.239 e. The Balaban J connectivity index is 2.03. The number of likely N-dealkylation sites (N-methyl/N-ethyl adjacent to an activating group) is 1. The van der Waals surface area contributed by atoms with Crippen LogP contribution in [0.4, 0.5) is 0 Å². The Bertz CT molecular complexity index is 577. The Kier molecular flexibility index (Phi) is 6.51. The highest BCUT2D eigenvalue weighted by Gasteiger charge is 2.39. The average molecular weight is 351 g/mol. The van der Waals surface area contributed by atoms with E-state index in [0.717, 1.165) is 17.9 Å². The van der Waals surface area contributed by atoms with Crippen LogP contribution in [0.2, 0.25) is 0 Å². The van der Waals surface area contributed by atoms with Crippen LogP contribution < -0.4 is 10.1 Å². The van der Waals surface area contributed by atoms with E-state index in [2.05, 4.69) is 5.32 Å². The number of hydrogen-bond acceptors (Lipinski definition) is 5. The molecule has 0 unspecified atom stereocenters. The van der Waals surface area contributed by atoms with Gasteiger partial charge in [-0.2, -0.15) is 0 Å². The van der Waals surface area contributed by atoms with Crippen LogP contribution in [0, 0.1) is 0 Å². The molecule has 2 amide bonds. The van der Waals surface area contributed by atoms with Gasteiger partial charge in [-0.05, 0) is 38.7 Å². The fraction of sp³-hybridized carbons (Fsp3) is 0.529. The van der Waals surface area contributed by atoms with Crippen molar-refractivity contribution in [2.75, 3.05) is 40.8 Å². The molecule has 0 spiro atoms. The largest absolute Gasteiger partial charge is 0.497 e. The number of benzene rings is 1. The van der Waals surface area contributed by atoms with E-state index >= 15 is 0 Å². The Morgan fingerprint density at radius 1 is 1.33 bits per heavy atom. The molecule has 132 valence electrons. The van der Waals surface area contributed by atoms with Gasteiger partial charge >= 0.3 is 0 Å². The summed E-state index contributed by atoms with van der Waals surface area (Å²) < 4.78 is 5.17. The summed E-state index contributed by atoms with van der Waals surface area (Å²) in [6, 6.07) is 7.63. The molecule has 1 aromatic carbocycles. The monoisotopic (exact) mass is 351 g/mol. The highest BCUT2D eigenvalue weighted by atomic mass is 32.2. The zero-order chi connectivity index (χ0) is 17.7. The lowest BCUT2D eigenvalue weighted by molar-refractivity contribution is -0.135. The number of nitrogens with one attached hydrogen (secondary N) is 1. The summed E-state index contributed by atoms with van der Waals surface area (Å²) in [5.74, 6) is 0.649. The molecule has 0 saturated carbocycles. The van der Waals surface area contributed by atoms with E-state index in [0.29, 0.717) is 6.54 Å². The lowest BCUT2D eigenvalue weighted by atomic mass is 10.2. The number of carbonyl (C=O) groups is 2. The minimum atomic E-state index is -0.147. The second-order valence-corrected chi connectivity index (χ2v) is 7.45. The van der Waals surface area contributed by atoms with E-state index in [4.69, 9.17) is 4.74 Å². The van der Waals surface area contributed by atoms with E-state index in [1.165, 1.54) is 0 Å². The third-order valence-electron chi connectivity index (χ3n) is 3.84. The lowest BCUT2D eigenvalue weighted by Crippen LogP contribution is -2.41. The SMILES string of the molecule is COc1ccc([C@H]2S[C@H](C)C(=O)N2CC(=O)NCCN(C)C)cc1. The van der Waals surface area contributed by atoms with E-state index in [1.807, 2.05) is 50.2 Å². The van der Waals surface area contributed by atoms with Crippen LogP contribution in [0.25, 0.3) is 0 Å². The number of thioether (sulfide) groups is 1. The second kappa shape index (κ2) is 8.39. The van der Waals surface area contributed by atoms with Crippen molar-refractivity contribution in [1.29, 1.82) is 0 Å². The Morgan fingerprint density at radius 2 is 2.00 bits per heavy atom. The standard InChI is InChI=1S/C17H25N3O3S/c1-12-16(22)20(11-15(21)18-9-10-19(2)3)17(24-12)13-5-7-14(23-4)8-6-13/h5-8,12,17H,9-11H2,1-4H3,(H,18,21)/t12-,17-/m1/s1. The fourth-order valence-electron chi connectivity index (χ4n) is 2.49. The van der Waals surface area contributed by atoms with Crippen molar-refractivity contribution in [2.24, 2.45) is 0 Å². The maximum absolute atomic E-state index is 12.4. The first kappa shape index (κ1) is 18.6. The zero-order valence-corrected chi connectivity index (χ0v) is 15.4. The molecule has 6 nitrogen and oxygen atoms in total. The minimum absolute atomic E-state index is 0.00331. The summed E-state index contributed by atoms with van der Waals surface area (Å²) in [6.07, 6.45) is 0. The van der Waals surface area contributed by atoms with Crippen LogP contribution in [-0.2, 0) is 9.59 Å². The third kappa shape index (κ3) is 4.64. The van der Waals surface area contributed by atoms with E-state index in [9.17, 15) is 9.59 Å². The van der Waals surface area contributed by atoms with Crippen molar-refractivity contribution in [1.82, 2.24) is 15.1 Å². The summed E-state index contributed by atoms with van der Waals surface area (Å²) >= 11 is 1.57. The molecule has 1 saturated heterocycles. The van der Waals surface area contributed by atoms with Gasteiger partial charge in [-0.3, -0.25) is 9.59 Å². The molecule has 1 N–H and O–H groups in total. The van der Waals surface area contributed by atoms with Crippen molar-refractivity contribution >= 4 is 23.6 Å². The van der Waals surface area contributed by atoms with Crippen LogP contribution in [0.3, 0.4) is 0 Å². The molecule has 2 rings (SSSR count). The lowest BCUT2D eigenvalue weighted by Gasteiger charge is -2.24. The summed E-state index contributed by atoms with van der Waals surface area (Å²) in [7, 11) is 5.53. The van der Waals surface area contributed by atoms with Gasteiger partial charge in [0.05, 0.1) is 12.4 Å². The van der Waals surface area contributed by atoms with Gasteiger partial charge < -0.3 is 19.9 Å². The molecule has 7 heteroatoms. The van der Waals surface area contributed by atoms with Gasteiger partial charge in [0.15, 0.2) is 0 Å². The highest BCUT2D eigenvalue weighted by Crippen LogP contribution is 2.42. The molecular weight excluding hydrogens is 326 g/mol. The number of methoxy groups -OCH3 is 1. The Hall–Kier alpha value is -1.73. The van der Waals surface area contributed by atoms with Crippen molar-refractivity contribution in [3.05, 3.63) is 29.8 Å². The molecule has 0 aromatic heterocycles. The van der Waals surface area contributed by atoms with Crippen LogP contribution in [0.5, 0.6) is 5.75 Å². The Labute approximate surface area is 147 Å². The van der Waals surface area contributed by atoms with Gasteiger partial charge in [0.25, 0.3) is 0 Å². The fourth-order valence-corrected chi connectivity index (χ4v) is 3.77. The summed E-state index contributed by atoms with van der Waals surface area (Å²) in [5, 5.41) is 2.58. The van der Waals surface area contributed by atoms with Gasteiger partial charge in [-0.25, -0.2) is 0 Å². The predicted molar refractivity (Wildman–Crippen MR) is 96.1 cm³/mol. The van der Waals surface area contributed by atoms with Crippen LogP contribution in [0.1, 0.15) is 17.9 Å². The molecule has 0 radical (unpaired) electrons. The molecule has 1 heterocycles. The normalized spacial score (nSPS) is 20.5. The van der Waals surface area contributed by atoms with Crippen LogP contribution >= 0.6 is 11.8 Å². The van der Waals surface area contributed by atoms with E-state index < -0.39 is 0 Å². The Morgan fingerprint density at radius 3 is 2.58 bits per heavy atom. The molecule has 1 fully saturated rings. The van der Waals surface area contributed by atoms with Gasteiger partial charge in [0, 0.05) is 13.1 Å². The second-order valence-electron chi connectivity index (χ2n) is 6.02. The number of nitrogens with zero attached hydrogens (tertiary/aromatic N) is 2. The van der Waals surface area contributed by atoms with Crippen molar-refractivity contribution in [3.63, 3.8) is 0 Å². The van der Waals surface area contributed by atoms with Gasteiger partial charge in [-0.1, -0.05) is 12.1 Å². The number of amides is 2. The van der Waals surface area contributed by atoms with Crippen molar-refractivity contribution < 1.29 is 14.3 Å².